The first-order chi connectivity index (χ1) is 11.7. The molecule has 0 amide bonds. The van der Waals surface area contributed by atoms with E-state index >= 15 is 0 Å². The predicted octanol–water partition coefficient (Wildman–Crippen LogP) is 2.96. The fourth-order valence-corrected chi connectivity index (χ4v) is 2.37. The third-order valence-corrected chi connectivity index (χ3v) is 3.76. The van der Waals surface area contributed by atoms with E-state index in [0.29, 0.717) is 19.1 Å². The van der Waals surface area contributed by atoms with Crippen LogP contribution >= 0.6 is 0 Å². The molecule has 5 heteroatoms. The normalized spacial score (nSPS) is 11.9. The first-order valence-corrected chi connectivity index (χ1v) is 8.55. The van der Waals surface area contributed by atoms with E-state index in [-0.39, 0.29) is 0 Å². The lowest BCUT2D eigenvalue weighted by Gasteiger charge is -2.13. The Balaban J connectivity index is 1.77. The van der Waals surface area contributed by atoms with Crippen LogP contribution in [0.3, 0.4) is 0 Å². The van der Waals surface area contributed by atoms with Gasteiger partial charge in [-0.15, -0.1) is 0 Å². The maximum Gasteiger partial charge on any atom is 0.191 e. The lowest BCUT2D eigenvalue weighted by molar-refractivity contribution is 0.128. The summed E-state index contributed by atoms with van der Waals surface area (Å²) in [6.45, 7) is 7.33. The minimum Gasteiger partial charge on any atom is -0.380 e. The molecule has 5 nitrogen and oxygen atoms in total. The van der Waals surface area contributed by atoms with Gasteiger partial charge in [-0.3, -0.25) is 9.98 Å². The second-order valence-corrected chi connectivity index (χ2v) is 6.14. The summed E-state index contributed by atoms with van der Waals surface area (Å²) in [7, 11) is 1.77. The van der Waals surface area contributed by atoms with E-state index in [1.165, 1.54) is 0 Å². The Morgan fingerprint density at radius 3 is 2.79 bits per heavy atom. The first kappa shape index (κ1) is 18.2. The van der Waals surface area contributed by atoms with Crippen LogP contribution in [0.15, 0.2) is 41.5 Å². The number of para-hydroxylation sites is 1. The van der Waals surface area contributed by atoms with Crippen LogP contribution in [0.1, 0.15) is 25.8 Å². The van der Waals surface area contributed by atoms with E-state index in [4.69, 9.17) is 4.74 Å². The van der Waals surface area contributed by atoms with Crippen LogP contribution in [-0.2, 0) is 11.3 Å². The zero-order chi connectivity index (χ0) is 17.2. The number of aliphatic imine (C=N–C) groups is 1. The van der Waals surface area contributed by atoms with E-state index < -0.39 is 0 Å². The average Bonchev–Trinajstić information content (AvgIpc) is 2.60. The highest BCUT2D eigenvalue weighted by Gasteiger charge is 2.03. The molecule has 0 saturated heterocycles. The van der Waals surface area contributed by atoms with Crippen molar-refractivity contribution < 1.29 is 4.74 Å². The quantitative estimate of drug-likeness (QED) is 0.444. The lowest BCUT2D eigenvalue weighted by atomic mass is 10.1. The molecular formula is C19H28N4O. The van der Waals surface area contributed by atoms with Crippen LogP contribution < -0.4 is 10.6 Å². The van der Waals surface area contributed by atoms with Crippen molar-refractivity contribution in [1.29, 1.82) is 0 Å². The van der Waals surface area contributed by atoms with Gasteiger partial charge in [-0.25, -0.2) is 0 Å². The maximum absolute atomic E-state index is 5.60. The first-order valence-electron chi connectivity index (χ1n) is 8.55. The molecule has 0 atom stereocenters. The molecule has 0 aliphatic heterocycles. The maximum atomic E-state index is 5.60. The van der Waals surface area contributed by atoms with Gasteiger partial charge in [0.2, 0.25) is 0 Å². The van der Waals surface area contributed by atoms with Crippen molar-refractivity contribution in [3.8, 4) is 0 Å². The monoisotopic (exact) mass is 328 g/mol. The van der Waals surface area contributed by atoms with Crippen LogP contribution in [0.4, 0.5) is 0 Å². The molecule has 0 radical (unpaired) electrons. The minimum absolute atomic E-state index is 0.682. The molecule has 24 heavy (non-hydrogen) atoms. The SMILES string of the molecule is CN=C(NCCOCCC(C)C)NCc1cccc2cccnc12. The summed E-state index contributed by atoms with van der Waals surface area (Å²) in [6.07, 6.45) is 2.93. The summed E-state index contributed by atoms with van der Waals surface area (Å²) >= 11 is 0. The highest BCUT2D eigenvalue weighted by molar-refractivity contribution is 5.83. The van der Waals surface area contributed by atoms with Crippen LogP contribution in [0.25, 0.3) is 10.9 Å². The number of benzene rings is 1. The standard InChI is InChI=1S/C19H28N4O/c1-15(2)9-12-24-13-11-22-19(20-3)23-14-17-7-4-6-16-8-5-10-21-18(16)17/h4-8,10,15H,9,11-14H2,1-3H3,(H2,20,22,23). The fraction of sp³-hybridized carbons (Fsp3) is 0.474. The Morgan fingerprint density at radius 1 is 1.17 bits per heavy atom. The van der Waals surface area contributed by atoms with Gasteiger partial charge < -0.3 is 15.4 Å². The number of hydrogen-bond acceptors (Lipinski definition) is 3. The van der Waals surface area contributed by atoms with Gasteiger partial charge in [0.15, 0.2) is 5.96 Å². The zero-order valence-electron chi connectivity index (χ0n) is 14.9. The van der Waals surface area contributed by atoms with Gasteiger partial charge in [0.1, 0.15) is 0 Å². The summed E-state index contributed by atoms with van der Waals surface area (Å²) in [5.41, 5.74) is 2.18. The van der Waals surface area contributed by atoms with E-state index in [1.54, 1.807) is 7.05 Å². The van der Waals surface area contributed by atoms with Crippen LogP contribution in [0.5, 0.6) is 0 Å². The van der Waals surface area contributed by atoms with Crippen molar-refractivity contribution in [3.05, 3.63) is 42.1 Å². The summed E-state index contributed by atoms with van der Waals surface area (Å²) in [6, 6.07) is 10.3. The lowest BCUT2D eigenvalue weighted by Crippen LogP contribution is -2.38. The van der Waals surface area contributed by atoms with Crippen LogP contribution in [-0.4, -0.2) is 37.7 Å². The summed E-state index contributed by atoms with van der Waals surface area (Å²) in [5.74, 6) is 1.46. The Labute approximate surface area is 144 Å². The van der Waals surface area contributed by atoms with Crippen molar-refractivity contribution in [3.63, 3.8) is 0 Å². The molecule has 130 valence electrons. The molecule has 0 fully saturated rings. The molecular weight excluding hydrogens is 300 g/mol. The molecule has 1 heterocycles. The van der Waals surface area contributed by atoms with Gasteiger partial charge >= 0.3 is 0 Å². The van der Waals surface area contributed by atoms with Gasteiger partial charge in [0.25, 0.3) is 0 Å². The number of fused-ring (bicyclic) bond motifs is 1. The topological polar surface area (TPSA) is 58.5 Å². The van der Waals surface area contributed by atoms with E-state index in [9.17, 15) is 0 Å². The zero-order valence-corrected chi connectivity index (χ0v) is 14.9. The second-order valence-electron chi connectivity index (χ2n) is 6.14. The Kier molecular flexibility index (Phi) is 7.49. The van der Waals surface area contributed by atoms with E-state index in [0.717, 1.165) is 42.0 Å². The van der Waals surface area contributed by atoms with Crippen molar-refractivity contribution >= 4 is 16.9 Å². The van der Waals surface area contributed by atoms with Gasteiger partial charge in [-0.05, 0) is 24.0 Å². The van der Waals surface area contributed by atoms with E-state index in [1.807, 2.05) is 12.3 Å². The molecule has 1 aromatic carbocycles. The third-order valence-electron chi connectivity index (χ3n) is 3.76. The van der Waals surface area contributed by atoms with Crippen LogP contribution in [0, 0.1) is 5.92 Å². The summed E-state index contributed by atoms with van der Waals surface area (Å²) < 4.78 is 5.60. The molecule has 0 unspecified atom stereocenters. The number of guanidine groups is 1. The van der Waals surface area contributed by atoms with E-state index in [2.05, 4.69) is 58.7 Å². The number of ether oxygens (including phenoxy) is 1. The number of nitrogens with zero attached hydrogens (tertiary/aromatic N) is 2. The number of pyridine rings is 1. The molecule has 0 bridgehead atoms. The molecule has 0 aliphatic carbocycles. The minimum atomic E-state index is 0.682. The van der Waals surface area contributed by atoms with Gasteiger partial charge in [0.05, 0.1) is 12.1 Å². The Bertz CT molecular complexity index is 649. The van der Waals surface area contributed by atoms with Crippen LogP contribution in [0.2, 0.25) is 0 Å². The average molecular weight is 328 g/mol. The molecule has 0 saturated carbocycles. The largest absolute Gasteiger partial charge is 0.380 e. The van der Waals surface area contributed by atoms with Crippen molar-refractivity contribution in [2.45, 2.75) is 26.8 Å². The molecule has 1 aromatic heterocycles. The van der Waals surface area contributed by atoms with Gasteiger partial charge in [-0.1, -0.05) is 38.1 Å². The Morgan fingerprint density at radius 2 is 2.00 bits per heavy atom. The fourth-order valence-electron chi connectivity index (χ4n) is 2.37. The highest BCUT2D eigenvalue weighted by atomic mass is 16.5. The van der Waals surface area contributed by atoms with Gasteiger partial charge in [0, 0.05) is 38.3 Å². The smallest absolute Gasteiger partial charge is 0.191 e. The number of nitrogens with one attached hydrogen (secondary N) is 2. The molecule has 0 aliphatic rings. The molecule has 0 spiro atoms. The second kappa shape index (κ2) is 9.88. The highest BCUT2D eigenvalue weighted by Crippen LogP contribution is 2.15. The number of rotatable bonds is 8. The molecule has 2 N–H and O–H groups in total. The third kappa shape index (κ3) is 5.81. The van der Waals surface area contributed by atoms with Gasteiger partial charge in [-0.2, -0.15) is 0 Å². The van der Waals surface area contributed by atoms with Crippen molar-refractivity contribution in [2.24, 2.45) is 10.9 Å². The predicted molar refractivity (Wildman–Crippen MR) is 100 cm³/mol. The van der Waals surface area contributed by atoms with Crippen molar-refractivity contribution in [1.82, 2.24) is 15.6 Å². The number of hydrogen-bond donors (Lipinski definition) is 2. The summed E-state index contributed by atoms with van der Waals surface area (Å²) in [5, 5.41) is 7.75. The summed E-state index contributed by atoms with van der Waals surface area (Å²) in [4.78, 5) is 8.72. The van der Waals surface area contributed by atoms with Crippen molar-refractivity contribution in [2.75, 3.05) is 26.8 Å². The Hall–Kier alpha value is -2.14. The molecule has 2 aromatic rings. The molecule has 2 rings (SSSR count). The number of aromatic nitrogens is 1.